The third-order valence-electron chi connectivity index (χ3n) is 1.48. The number of aryl methyl sites for hydroxylation is 1. The Labute approximate surface area is 59.7 Å². The molecule has 0 unspecified atom stereocenters. The highest BCUT2D eigenvalue weighted by molar-refractivity contribution is 5.00. The van der Waals surface area contributed by atoms with E-state index in [1.165, 1.54) is 6.20 Å². The summed E-state index contributed by atoms with van der Waals surface area (Å²) in [6.45, 7) is 4.58. The first kappa shape index (κ1) is 7.25. The lowest BCUT2D eigenvalue weighted by Gasteiger charge is -1.98. The Morgan fingerprint density at radius 3 is 2.80 bits per heavy atom. The van der Waals surface area contributed by atoms with E-state index in [9.17, 15) is 4.39 Å². The molecule has 10 heavy (non-hydrogen) atoms. The van der Waals surface area contributed by atoms with Crippen LogP contribution in [-0.4, -0.2) is 9.78 Å². The van der Waals surface area contributed by atoms with Crippen LogP contribution >= 0.6 is 0 Å². The summed E-state index contributed by atoms with van der Waals surface area (Å²) in [7, 11) is 0. The lowest BCUT2D eigenvalue weighted by atomic mass is 10.4. The predicted octanol–water partition coefficient (Wildman–Crippen LogP) is 1.74. The fourth-order valence-electron chi connectivity index (χ4n) is 0.861. The molecule has 1 aromatic heterocycles. The molecule has 0 aromatic carbocycles. The number of hydrogen-bond donors (Lipinski definition) is 0. The van der Waals surface area contributed by atoms with Crippen LogP contribution in [0.1, 0.15) is 19.0 Å². The normalized spacial score (nSPS) is 10.3. The van der Waals surface area contributed by atoms with E-state index >= 15 is 0 Å². The van der Waals surface area contributed by atoms with Crippen LogP contribution in [0.3, 0.4) is 0 Å². The second kappa shape index (κ2) is 2.82. The summed E-state index contributed by atoms with van der Waals surface area (Å²) in [5.41, 5.74) is 0.627. The van der Waals surface area contributed by atoms with Gasteiger partial charge in [0.25, 0.3) is 0 Å². The van der Waals surface area contributed by atoms with E-state index in [0.29, 0.717) is 5.69 Å². The van der Waals surface area contributed by atoms with Gasteiger partial charge in [0.1, 0.15) is 0 Å². The van der Waals surface area contributed by atoms with Crippen molar-refractivity contribution in [1.82, 2.24) is 9.78 Å². The van der Waals surface area contributed by atoms with Crippen molar-refractivity contribution in [2.45, 2.75) is 26.8 Å². The maximum absolute atomic E-state index is 12.6. The molecule has 2 nitrogen and oxygen atoms in total. The molecule has 3 heteroatoms. The highest BCUT2D eigenvalue weighted by atomic mass is 19.1. The zero-order chi connectivity index (χ0) is 7.56. The molecule has 0 aliphatic rings. The monoisotopic (exact) mass is 142 g/mol. The van der Waals surface area contributed by atoms with E-state index < -0.39 is 0 Å². The van der Waals surface area contributed by atoms with E-state index in [1.807, 2.05) is 6.92 Å². The van der Waals surface area contributed by atoms with Crippen molar-refractivity contribution in [2.75, 3.05) is 0 Å². The Morgan fingerprint density at radius 1 is 1.70 bits per heavy atom. The zero-order valence-corrected chi connectivity index (χ0v) is 6.26. The highest BCUT2D eigenvalue weighted by Gasteiger charge is 2.02. The van der Waals surface area contributed by atoms with Gasteiger partial charge in [0.2, 0.25) is 0 Å². The molecule has 1 heterocycles. The van der Waals surface area contributed by atoms with Crippen molar-refractivity contribution in [3.8, 4) is 0 Å². The Bertz CT molecular complexity index is 217. The molecule has 0 saturated heterocycles. The van der Waals surface area contributed by atoms with Gasteiger partial charge in [-0.2, -0.15) is 5.10 Å². The molecule has 0 bridgehead atoms. The zero-order valence-electron chi connectivity index (χ0n) is 6.26. The molecule has 0 aliphatic carbocycles. The summed E-state index contributed by atoms with van der Waals surface area (Å²) in [6.07, 6.45) is 2.24. The average molecular weight is 142 g/mol. The molecule has 0 fully saturated rings. The van der Waals surface area contributed by atoms with Gasteiger partial charge in [0.15, 0.2) is 5.82 Å². The summed E-state index contributed by atoms with van der Waals surface area (Å²) >= 11 is 0. The maximum Gasteiger partial charge on any atom is 0.163 e. The fourth-order valence-corrected chi connectivity index (χ4v) is 0.861. The Hall–Kier alpha value is -0.860. The lowest BCUT2D eigenvalue weighted by Crippen LogP contribution is -2.00. The van der Waals surface area contributed by atoms with Crippen LogP contribution in [0.2, 0.25) is 0 Å². The van der Waals surface area contributed by atoms with Gasteiger partial charge < -0.3 is 0 Å². The molecule has 1 rings (SSSR count). The van der Waals surface area contributed by atoms with E-state index in [-0.39, 0.29) is 5.82 Å². The molecule has 0 radical (unpaired) electrons. The number of rotatable bonds is 2. The number of halogens is 1. The minimum absolute atomic E-state index is 0.214. The van der Waals surface area contributed by atoms with E-state index in [1.54, 1.807) is 11.6 Å². The van der Waals surface area contributed by atoms with Crippen molar-refractivity contribution in [2.24, 2.45) is 0 Å². The fraction of sp³-hybridized carbons (Fsp3) is 0.571. The first-order valence-corrected chi connectivity index (χ1v) is 3.43. The van der Waals surface area contributed by atoms with Crippen LogP contribution < -0.4 is 0 Å². The molecule has 56 valence electrons. The van der Waals surface area contributed by atoms with Crippen LogP contribution in [-0.2, 0) is 6.54 Å². The average Bonchev–Trinajstić information content (AvgIpc) is 2.20. The second-order valence-corrected chi connectivity index (χ2v) is 2.30. The van der Waals surface area contributed by atoms with Gasteiger partial charge in [-0.15, -0.1) is 0 Å². The van der Waals surface area contributed by atoms with E-state index in [0.717, 1.165) is 13.0 Å². The van der Waals surface area contributed by atoms with Gasteiger partial charge in [-0.1, -0.05) is 6.92 Å². The predicted molar refractivity (Wildman–Crippen MR) is 37.2 cm³/mol. The molecule has 0 atom stereocenters. The lowest BCUT2D eigenvalue weighted by molar-refractivity contribution is 0.566. The first-order chi connectivity index (χ1) is 4.75. The molecular formula is C7H11FN2. The van der Waals surface area contributed by atoms with Gasteiger partial charge in [-0.3, -0.25) is 4.68 Å². The quantitative estimate of drug-likeness (QED) is 0.615. The van der Waals surface area contributed by atoms with Crippen molar-refractivity contribution >= 4 is 0 Å². The van der Waals surface area contributed by atoms with Crippen molar-refractivity contribution in [3.63, 3.8) is 0 Å². The van der Waals surface area contributed by atoms with E-state index in [2.05, 4.69) is 5.10 Å². The van der Waals surface area contributed by atoms with Gasteiger partial charge in [0, 0.05) is 6.54 Å². The summed E-state index contributed by atoms with van der Waals surface area (Å²) in [6, 6.07) is 0. The topological polar surface area (TPSA) is 17.8 Å². The Morgan fingerprint density at radius 2 is 2.40 bits per heavy atom. The number of aromatic nitrogens is 2. The molecule has 0 aliphatic heterocycles. The first-order valence-electron chi connectivity index (χ1n) is 3.43. The Kier molecular flexibility index (Phi) is 2.04. The molecular weight excluding hydrogens is 131 g/mol. The largest absolute Gasteiger partial charge is 0.267 e. The molecule has 1 aromatic rings. The third-order valence-corrected chi connectivity index (χ3v) is 1.48. The number of hydrogen-bond acceptors (Lipinski definition) is 1. The SMILES string of the molecule is CCCn1ncc(F)c1C. The van der Waals surface area contributed by atoms with Crippen LogP contribution in [0, 0.1) is 12.7 Å². The number of nitrogens with zero attached hydrogens (tertiary/aromatic N) is 2. The van der Waals surface area contributed by atoms with Crippen LogP contribution in [0.15, 0.2) is 6.20 Å². The van der Waals surface area contributed by atoms with Gasteiger partial charge >= 0.3 is 0 Å². The van der Waals surface area contributed by atoms with Gasteiger partial charge in [0.05, 0.1) is 11.9 Å². The van der Waals surface area contributed by atoms with Crippen molar-refractivity contribution in [3.05, 3.63) is 17.7 Å². The summed E-state index contributed by atoms with van der Waals surface area (Å²) in [5, 5.41) is 3.85. The third kappa shape index (κ3) is 1.17. The standard InChI is InChI=1S/C7H11FN2/c1-3-4-10-6(2)7(8)5-9-10/h5H,3-4H2,1-2H3. The molecule has 0 amide bonds. The molecule has 0 saturated carbocycles. The smallest absolute Gasteiger partial charge is 0.163 e. The summed E-state index contributed by atoms with van der Waals surface area (Å²) in [5.74, 6) is -0.214. The minimum atomic E-state index is -0.214. The Balaban J connectivity index is 2.83. The van der Waals surface area contributed by atoms with Crippen LogP contribution in [0.5, 0.6) is 0 Å². The summed E-state index contributed by atoms with van der Waals surface area (Å²) in [4.78, 5) is 0. The van der Waals surface area contributed by atoms with Crippen molar-refractivity contribution in [1.29, 1.82) is 0 Å². The molecule has 0 N–H and O–H groups in total. The van der Waals surface area contributed by atoms with Crippen LogP contribution in [0.25, 0.3) is 0 Å². The second-order valence-electron chi connectivity index (χ2n) is 2.30. The summed E-state index contributed by atoms with van der Waals surface area (Å²) < 4.78 is 14.3. The maximum atomic E-state index is 12.6. The molecule has 0 spiro atoms. The van der Waals surface area contributed by atoms with Gasteiger partial charge in [-0.05, 0) is 13.3 Å². The van der Waals surface area contributed by atoms with Gasteiger partial charge in [-0.25, -0.2) is 4.39 Å². The van der Waals surface area contributed by atoms with Crippen molar-refractivity contribution < 1.29 is 4.39 Å². The highest BCUT2D eigenvalue weighted by Crippen LogP contribution is 2.03. The minimum Gasteiger partial charge on any atom is -0.267 e. The van der Waals surface area contributed by atoms with Crippen LogP contribution in [0.4, 0.5) is 4.39 Å². The van der Waals surface area contributed by atoms with E-state index in [4.69, 9.17) is 0 Å².